The predicted octanol–water partition coefficient (Wildman–Crippen LogP) is 4.72. The van der Waals surface area contributed by atoms with Crippen LogP contribution in [-0.4, -0.2) is 24.1 Å². The maximum atomic E-state index is 13.0. The maximum absolute atomic E-state index is 13.0. The Morgan fingerprint density at radius 3 is 2.58 bits per heavy atom. The minimum absolute atomic E-state index is 0.0258. The second-order valence-corrected chi connectivity index (χ2v) is 7.35. The van der Waals surface area contributed by atoms with E-state index in [1.807, 2.05) is 50.2 Å². The number of para-hydroxylation sites is 1. The number of fused-ring (bicyclic) bond motifs is 2. The number of rotatable bonds is 4. The Morgan fingerprint density at radius 2 is 1.81 bits per heavy atom. The summed E-state index contributed by atoms with van der Waals surface area (Å²) < 4.78 is 12.3. The van der Waals surface area contributed by atoms with Crippen LogP contribution in [0, 0.1) is 0 Å². The number of hydrogen-bond donors (Lipinski definition) is 0. The molecule has 0 amide bonds. The topological polar surface area (TPSA) is 42.7 Å². The zero-order chi connectivity index (χ0) is 18.1. The zero-order valence-electron chi connectivity index (χ0n) is 15.5. The summed E-state index contributed by atoms with van der Waals surface area (Å²) in [6.07, 6.45) is 3.80. The van der Waals surface area contributed by atoms with Crippen LogP contribution >= 0.6 is 0 Å². The van der Waals surface area contributed by atoms with Crippen LogP contribution in [0.15, 0.2) is 45.6 Å². The van der Waals surface area contributed by atoms with E-state index in [9.17, 15) is 4.79 Å². The molecule has 0 radical (unpaired) electrons. The average molecular weight is 351 g/mol. The Hall–Kier alpha value is -2.33. The Morgan fingerprint density at radius 1 is 1.04 bits per heavy atom. The van der Waals surface area contributed by atoms with E-state index in [0.29, 0.717) is 21.9 Å². The van der Waals surface area contributed by atoms with Gasteiger partial charge in [0.2, 0.25) is 5.43 Å². The lowest BCUT2D eigenvalue weighted by Gasteiger charge is -2.27. The fourth-order valence-corrected chi connectivity index (χ4v) is 3.76. The molecule has 2 aromatic carbocycles. The quantitative estimate of drug-likeness (QED) is 0.638. The first kappa shape index (κ1) is 17.1. The summed E-state index contributed by atoms with van der Waals surface area (Å²) in [5.41, 5.74) is 2.31. The highest BCUT2D eigenvalue weighted by molar-refractivity contribution is 5.92. The largest absolute Gasteiger partial charge is 0.491 e. The van der Waals surface area contributed by atoms with Gasteiger partial charge in [0.25, 0.3) is 0 Å². The van der Waals surface area contributed by atoms with Crippen LogP contribution in [0.1, 0.15) is 38.7 Å². The lowest BCUT2D eigenvalue weighted by atomic mass is 10.0. The summed E-state index contributed by atoms with van der Waals surface area (Å²) in [4.78, 5) is 15.4. The van der Waals surface area contributed by atoms with Crippen LogP contribution in [0.25, 0.3) is 21.9 Å². The highest BCUT2D eigenvalue weighted by Crippen LogP contribution is 2.31. The molecule has 4 nitrogen and oxygen atoms in total. The first-order valence-electron chi connectivity index (χ1n) is 9.50. The van der Waals surface area contributed by atoms with E-state index in [1.54, 1.807) is 0 Å². The van der Waals surface area contributed by atoms with Crippen molar-refractivity contribution < 1.29 is 9.15 Å². The van der Waals surface area contributed by atoms with Crippen molar-refractivity contribution in [2.45, 2.75) is 45.8 Å². The number of piperidine rings is 1. The van der Waals surface area contributed by atoms with E-state index < -0.39 is 0 Å². The minimum atomic E-state index is 0.0258. The van der Waals surface area contributed by atoms with E-state index in [2.05, 4.69) is 4.90 Å². The molecule has 1 aliphatic heterocycles. The molecule has 3 aromatic rings. The van der Waals surface area contributed by atoms with Crippen molar-refractivity contribution in [2.24, 2.45) is 0 Å². The molecule has 136 valence electrons. The Labute approximate surface area is 153 Å². The molecule has 1 saturated heterocycles. The lowest BCUT2D eigenvalue weighted by Crippen LogP contribution is -2.29. The molecule has 0 N–H and O–H groups in total. The van der Waals surface area contributed by atoms with Gasteiger partial charge in [-0.2, -0.15) is 0 Å². The number of nitrogens with zero attached hydrogens (tertiary/aromatic N) is 1. The van der Waals surface area contributed by atoms with E-state index in [4.69, 9.17) is 9.15 Å². The van der Waals surface area contributed by atoms with Crippen LogP contribution in [0.4, 0.5) is 0 Å². The average Bonchev–Trinajstić information content (AvgIpc) is 2.64. The molecule has 4 rings (SSSR count). The minimum Gasteiger partial charge on any atom is -0.491 e. The van der Waals surface area contributed by atoms with Crippen molar-refractivity contribution >= 4 is 21.9 Å². The molecule has 26 heavy (non-hydrogen) atoms. The fourth-order valence-electron chi connectivity index (χ4n) is 3.76. The van der Waals surface area contributed by atoms with Gasteiger partial charge in [-0.25, -0.2) is 0 Å². The van der Waals surface area contributed by atoms with Crippen molar-refractivity contribution in [2.75, 3.05) is 13.1 Å². The van der Waals surface area contributed by atoms with E-state index in [0.717, 1.165) is 30.9 Å². The third-order valence-electron chi connectivity index (χ3n) is 5.00. The van der Waals surface area contributed by atoms with Crippen molar-refractivity contribution in [3.63, 3.8) is 0 Å². The summed E-state index contributed by atoms with van der Waals surface area (Å²) in [6, 6.07) is 11.2. The summed E-state index contributed by atoms with van der Waals surface area (Å²) in [7, 11) is 0. The Balaban J connectivity index is 1.91. The molecule has 1 fully saturated rings. The van der Waals surface area contributed by atoms with E-state index in [1.165, 1.54) is 19.3 Å². The first-order chi connectivity index (χ1) is 12.6. The van der Waals surface area contributed by atoms with Crippen molar-refractivity contribution in [3.8, 4) is 5.75 Å². The number of benzene rings is 2. The van der Waals surface area contributed by atoms with Crippen LogP contribution in [0.5, 0.6) is 5.75 Å². The van der Waals surface area contributed by atoms with Crippen LogP contribution < -0.4 is 10.2 Å². The lowest BCUT2D eigenvalue weighted by molar-refractivity contribution is 0.207. The Kier molecular flexibility index (Phi) is 4.68. The normalized spacial score (nSPS) is 15.8. The predicted molar refractivity (Wildman–Crippen MR) is 105 cm³/mol. The van der Waals surface area contributed by atoms with Crippen LogP contribution in [0.3, 0.4) is 0 Å². The summed E-state index contributed by atoms with van der Waals surface area (Å²) >= 11 is 0. The number of likely N-dealkylation sites (tertiary alicyclic amines) is 1. The van der Waals surface area contributed by atoms with Gasteiger partial charge in [0.15, 0.2) is 0 Å². The fraction of sp³-hybridized carbons (Fsp3) is 0.409. The molecule has 0 aliphatic carbocycles. The van der Waals surface area contributed by atoms with Crippen LogP contribution in [0.2, 0.25) is 0 Å². The van der Waals surface area contributed by atoms with Crippen molar-refractivity contribution in [3.05, 3.63) is 52.2 Å². The second-order valence-electron chi connectivity index (χ2n) is 7.35. The monoisotopic (exact) mass is 351 g/mol. The highest BCUT2D eigenvalue weighted by Gasteiger charge is 2.20. The van der Waals surface area contributed by atoms with Gasteiger partial charge >= 0.3 is 0 Å². The molecule has 1 aliphatic rings. The standard InChI is InChI=1S/C22H25NO3/c1-15(2)25-20-11-10-17-21(24)16-8-4-5-9-19(16)26-22(17)18(20)14-23-12-6-3-7-13-23/h4-5,8-11,15H,3,6-7,12-14H2,1-2H3. The smallest absolute Gasteiger partial charge is 0.200 e. The van der Waals surface area contributed by atoms with Gasteiger partial charge in [0, 0.05) is 6.54 Å². The third kappa shape index (κ3) is 3.21. The molecule has 0 spiro atoms. The highest BCUT2D eigenvalue weighted by atomic mass is 16.5. The molecule has 0 saturated carbocycles. The molecule has 0 atom stereocenters. The molecular weight excluding hydrogens is 326 g/mol. The van der Waals surface area contributed by atoms with Crippen molar-refractivity contribution in [1.29, 1.82) is 0 Å². The molecule has 0 unspecified atom stereocenters. The number of hydrogen-bond acceptors (Lipinski definition) is 4. The molecular formula is C22H25NO3. The van der Waals surface area contributed by atoms with Crippen LogP contribution in [-0.2, 0) is 6.54 Å². The van der Waals surface area contributed by atoms with E-state index in [-0.39, 0.29) is 11.5 Å². The van der Waals surface area contributed by atoms with Gasteiger partial charge in [0.05, 0.1) is 22.4 Å². The summed E-state index contributed by atoms with van der Waals surface area (Å²) in [5.74, 6) is 0.816. The zero-order valence-corrected chi connectivity index (χ0v) is 15.5. The van der Waals surface area contributed by atoms with Gasteiger partial charge in [-0.05, 0) is 64.0 Å². The third-order valence-corrected chi connectivity index (χ3v) is 5.00. The SMILES string of the molecule is CC(C)Oc1ccc2c(=O)c3ccccc3oc2c1CN1CCCCC1. The van der Waals surface area contributed by atoms with Gasteiger partial charge in [-0.1, -0.05) is 18.6 Å². The van der Waals surface area contributed by atoms with Gasteiger partial charge < -0.3 is 9.15 Å². The Bertz CT molecular complexity index is 984. The van der Waals surface area contributed by atoms with Crippen molar-refractivity contribution in [1.82, 2.24) is 4.90 Å². The molecule has 0 bridgehead atoms. The summed E-state index contributed by atoms with van der Waals surface area (Å²) in [5, 5.41) is 1.26. The number of ether oxygens (including phenoxy) is 1. The van der Waals surface area contributed by atoms with Gasteiger partial charge in [-0.3, -0.25) is 9.69 Å². The van der Waals surface area contributed by atoms with Gasteiger partial charge in [-0.15, -0.1) is 0 Å². The van der Waals surface area contributed by atoms with Gasteiger partial charge in [0.1, 0.15) is 16.9 Å². The summed E-state index contributed by atoms with van der Waals surface area (Å²) in [6.45, 7) is 6.95. The maximum Gasteiger partial charge on any atom is 0.200 e. The van der Waals surface area contributed by atoms with E-state index >= 15 is 0 Å². The molecule has 4 heteroatoms. The second kappa shape index (κ2) is 7.12. The molecule has 2 heterocycles. The first-order valence-corrected chi connectivity index (χ1v) is 9.50. The molecule has 1 aromatic heterocycles.